The topological polar surface area (TPSA) is 58.4 Å². The first kappa shape index (κ1) is 22.1. The van der Waals surface area contributed by atoms with E-state index in [-0.39, 0.29) is 35.9 Å². The van der Waals surface area contributed by atoms with Crippen LogP contribution in [0.2, 0.25) is 0 Å². The molecule has 0 unspecified atom stereocenters. The van der Waals surface area contributed by atoms with Gasteiger partial charge in [0.1, 0.15) is 12.4 Å². The number of benzene rings is 2. The van der Waals surface area contributed by atoms with E-state index < -0.39 is 0 Å². The lowest BCUT2D eigenvalue weighted by Gasteiger charge is -2.32. The lowest BCUT2D eigenvalue weighted by Crippen LogP contribution is -2.42. The van der Waals surface area contributed by atoms with Crippen molar-refractivity contribution in [2.45, 2.75) is 65.1 Å². The van der Waals surface area contributed by atoms with Crippen LogP contribution in [0.4, 0.5) is 5.69 Å². The maximum absolute atomic E-state index is 13.6. The summed E-state index contributed by atoms with van der Waals surface area (Å²) in [6.45, 7) is 11.0. The highest BCUT2D eigenvalue weighted by Crippen LogP contribution is 2.34. The van der Waals surface area contributed by atoms with Crippen molar-refractivity contribution in [3.8, 4) is 0 Å². The minimum absolute atomic E-state index is 0.00704. The van der Waals surface area contributed by atoms with Crippen LogP contribution in [0, 0.1) is 0 Å². The Balaban J connectivity index is 1.71. The molecule has 1 aliphatic heterocycles. The molecule has 1 aromatic heterocycles. The number of rotatable bonds is 5. The number of hydrogen-bond donors (Lipinski definition) is 0. The van der Waals surface area contributed by atoms with Gasteiger partial charge in [-0.1, -0.05) is 30.3 Å². The van der Waals surface area contributed by atoms with E-state index in [1.54, 1.807) is 0 Å². The number of fused-ring (bicyclic) bond motifs is 1. The molecule has 0 aliphatic carbocycles. The summed E-state index contributed by atoms with van der Waals surface area (Å²) in [5, 5.41) is 0. The van der Waals surface area contributed by atoms with E-state index in [4.69, 9.17) is 4.98 Å². The fraction of sp³-hybridized carbons (Fsp3) is 0.423. The summed E-state index contributed by atoms with van der Waals surface area (Å²) in [6.07, 6.45) is 0.418. The zero-order valence-corrected chi connectivity index (χ0v) is 19.6. The second-order valence-electron chi connectivity index (χ2n) is 9.81. The van der Waals surface area contributed by atoms with E-state index in [0.717, 1.165) is 22.5 Å². The number of aromatic nitrogens is 2. The van der Waals surface area contributed by atoms with Gasteiger partial charge in [-0.25, -0.2) is 4.98 Å². The monoisotopic (exact) mass is 432 g/mol. The standard InChI is InChI=1S/C26H32N4O2/c1-18(2)30(20-11-7-6-8-12-20)24(32)17-28-22-14-10-9-13-21(22)27-25(28)19-15-23(31)29(16-19)26(3,4)5/h6-14,18-19H,15-17H2,1-5H3/t19-/m0/s1. The molecule has 6 heteroatoms. The number of para-hydroxylation sites is 3. The molecule has 0 N–H and O–H groups in total. The van der Waals surface area contributed by atoms with Crippen molar-refractivity contribution in [2.24, 2.45) is 0 Å². The molecule has 0 radical (unpaired) electrons. The number of hydrogen-bond acceptors (Lipinski definition) is 3. The van der Waals surface area contributed by atoms with Gasteiger partial charge in [0, 0.05) is 36.2 Å². The van der Waals surface area contributed by atoms with Crippen LogP contribution in [-0.2, 0) is 16.1 Å². The second-order valence-corrected chi connectivity index (χ2v) is 9.81. The third-order valence-electron chi connectivity index (χ3n) is 6.10. The largest absolute Gasteiger partial charge is 0.337 e. The summed E-state index contributed by atoms with van der Waals surface area (Å²) in [4.78, 5) is 34.9. The number of carbonyl (C=O) groups excluding carboxylic acids is 2. The van der Waals surface area contributed by atoms with Crippen LogP contribution >= 0.6 is 0 Å². The van der Waals surface area contributed by atoms with Crippen LogP contribution in [0.15, 0.2) is 54.6 Å². The van der Waals surface area contributed by atoms with Crippen LogP contribution in [0.1, 0.15) is 52.8 Å². The highest BCUT2D eigenvalue weighted by atomic mass is 16.2. The van der Waals surface area contributed by atoms with Gasteiger partial charge >= 0.3 is 0 Å². The average Bonchev–Trinajstić information content (AvgIpc) is 3.29. The maximum Gasteiger partial charge on any atom is 0.247 e. The quantitative estimate of drug-likeness (QED) is 0.592. The Morgan fingerprint density at radius 1 is 1.09 bits per heavy atom. The van der Waals surface area contributed by atoms with Gasteiger partial charge in [-0.15, -0.1) is 0 Å². The zero-order chi connectivity index (χ0) is 23.0. The molecule has 0 saturated carbocycles. The predicted molar refractivity (Wildman–Crippen MR) is 128 cm³/mol. The molecule has 3 aromatic rings. The molecule has 1 atom stereocenters. The molecule has 2 aromatic carbocycles. The first-order chi connectivity index (χ1) is 15.2. The molecule has 4 rings (SSSR count). The molecule has 6 nitrogen and oxygen atoms in total. The number of carbonyl (C=O) groups is 2. The third kappa shape index (κ3) is 4.14. The summed E-state index contributed by atoms with van der Waals surface area (Å²) < 4.78 is 2.01. The Hall–Kier alpha value is -3.15. The molecule has 2 amide bonds. The van der Waals surface area contributed by atoms with Gasteiger partial charge < -0.3 is 14.4 Å². The SMILES string of the molecule is CC(C)N(C(=O)Cn1c([C@H]2CC(=O)N(C(C)(C)C)C2)nc2ccccc21)c1ccccc1. The fourth-order valence-electron chi connectivity index (χ4n) is 4.63. The van der Waals surface area contributed by atoms with Crippen molar-refractivity contribution >= 4 is 28.5 Å². The minimum atomic E-state index is -0.236. The van der Waals surface area contributed by atoms with Crippen molar-refractivity contribution < 1.29 is 9.59 Å². The van der Waals surface area contributed by atoms with Crippen molar-refractivity contribution in [2.75, 3.05) is 11.4 Å². The first-order valence-corrected chi connectivity index (χ1v) is 11.3. The van der Waals surface area contributed by atoms with E-state index in [1.165, 1.54) is 0 Å². The smallest absolute Gasteiger partial charge is 0.247 e. The summed E-state index contributed by atoms with van der Waals surface area (Å²) in [7, 11) is 0. The third-order valence-corrected chi connectivity index (χ3v) is 6.10. The highest BCUT2D eigenvalue weighted by molar-refractivity contribution is 5.94. The number of anilines is 1. The van der Waals surface area contributed by atoms with Gasteiger partial charge in [0.05, 0.1) is 11.0 Å². The van der Waals surface area contributed by atoms with Gasteiger partial charge in [-0.05, 0) is 58.9 Å². The lowest BCUT2D eigenvalue weighted by atomic mass is 10.1. The van der Waals surface area contributed by atoms with Crippen LogP contribution in [0.3, 0.4) is 0 Å². The predicted octanol–water partition coefficient (Wildman–Crippen LogP) is 4.59. The number of imidazole rings is 1. The average molecular weight is 433 g/mol. The highest BCUT2D eigenvalue weighted by Gasteiger charge is 2.39. The first-order valence-electron chi connectivity index (χ1n) is 11.3. The van der Waals surface area contributed by atoms with E-state index >= 15 is 0 Å². The van der Waals surface area contributed by atoms with Gasteiger partial charge in [0.15, 0.2) is 0 Å². The Morgan fingerprint density at radius 2 is 1.75 bits per heavy atom. The Bertz CT molecular complexity index is 1130. The minimum Gasteiger partial charge on any atom is -0.337 e. The molecule has 168 valence electrons. The zero-order valence-electron chi connectivity index (χ0n) is 19.6. The number of likely N-dealkylation sites (tertiary alicyclic amines) is 1. The molecule has 32 heavy (non-hydrogen) atoms. The van der Waals surface area contributed by atoms with Crippen molar-refractivity contribution in [1.29, 1.82) is 0 Å². The maximum atomic E-state index is 13.6. The van der Waals surface area contributed by atoms with Crippen LogP contribution < -0.4 is 4.90 Å². The molecule has 2 heterocycles. The normalized spacial score (nSPS) is 16.9. The number of amides is 2. The summed E-state index contributed by atoms with van der Waals surface area (Å²) in [6, 6.07) is 17.7. The van der Waals surface area contributed by atoms with E-state index in [1.807, 2.05) is 82.8 Å². The van der Waals surface area contributed by atoms with Gasteiger partial charge in [-0.3, -0.25) is 9.59 Å². The molecule has 0 spiro atoms. The second kappa shape index (κ2) is 8.41. The van der Waals surface area contributed by atoms with Crippen molar-refractivity contribution in [1.82, 2.24) is 14.5 Å². The van der Waals surface area contributed by atoms with Crippen molar-refractivity contribution in [3.63, 3.8) is 0 Å². The van der Waals surface area contributed by atoms with E-state index in [2.05, 4.69) is 20.8 Å². The fourth-order valence-corrected chi connectivity index (χ4v) is 4.63. The van der Waals surface area contributed by atoms with Gasteiger partial charge in [-0.2, -0.15) is 0 Å². The van der Waals surface area contributed by atoms with E-state index in [9.17, 15) is 9.59 Å². The van der Waals surface area contributed by atoms with Crippen LogP contribution in [0.5, 0.6) is 0 Å². The Labute approximate surface area is 189 Å². The van der Waals surface area contributed by atoms with Crippen molar-refractivity contribution in [3.05, 3.63) is 60.4 Å². The van der Waals surface area contributed by atoms with Gasteiger partial charge in [0.2, 0.25) is 11.8 Å². The molecule has 0 bridgehead atoms. The summed E-state index contributed by atoms with van der Waals surface area (Å²) >= 11 is 0. The van der Waals surface area contributed by atoms with Crippen LogP contribution in [0.25, 0.3) is 11.0 Å². The summed E-state index contributed by atoms with van der Waals surface area (Å²) in [5.74, 6) is 0.927. The Kier molecular flexibility index (Phi) is 5.80. The molecular formula is C26H32N4O2. The molecule has 1 saturated heterocycles. The molecule has 1 aliphatic rings. The number of nitrogens with zero attached hydrogens (tertiary/aromatic N) is 4. The summed E-state index contributed by atoms with van der Waals surface area (Å²) in [5.41, 5.74) is 2.43. The van der Waals surface area contributed by atoms with Crippen LogP contribution in [-0.4, -0.2) is 44.4 Å². The van der Waals surface area contributed by atoms with E-state index in [0.29, 0.717) is 13.0 Å². The molecule has 1 fully saturated rings. The lowest BCUT2D eigenvalue weighted by molar-refractivity contribution is -0.131. The Morgan fingerprint density at radius 3 is 2.38 bits per heavy atom. The molecular weight excluding hydrogens is 400 g/mol. The van der Waals surface area contributed by atoms with Gasteiger partial charge in [0.25, 0.3) is 0 Å².